The average Bonchev–Trinajstić information content (AvgIpc) is 1.41. The summed E-state index contributed by atoms with van der Waals surface area (Å²) < 4.78 is 21.9. The third-order valence-electron chi connectivity index (χ3n) is 0.0417. The maximum absolute atomic E-state index is 9.11. The second-order valence-corrected chi connectivity index (χ2v) is 1.35. The summed E-state index contributed by atoms with van der Waals surface area (Å²) in [5.41, 5.74) is 0. The van der Waals surface area contributed by atoms with Gasteiger partial charge in [-0.25, -0.2) is 0 Å². The fourth-order valence-corrected chi connectivity index (χ4v) is 0.145. The van der Waals surface area contributed by atoms with Crippen LogP contribution in [0.15, 0.2) is 0 Å². The predicted octanol–water partition coefficient (Wildman–Crippen LogP) is -5.26. The van der Waals surface area contributed by atoms with E-state index in [1.807, 2.05) is 0 Å². The molecule has 0 aliphatic rings. The zero-order valence-corrected chi connectivity index (χ0v) is 7.14. The summed E-state index contributed by atoms with van der Waals surface area (Å²) in [5, 5.41) is 0. The van der Waals surface area contributed by atoms with Gasteiger partial charge in [-0.1, -0.05) is 0 Å². The van der Waals surface area contributed by atoms with E-state index in [0.29, 0.717) is 0 Å². The fourth-order valence-electron chi connectivity index (χ4n) is 0.00851. The summed E-state index contributed by atoms with van der Waals surface area (Å²) in [5.74, 6) is 0. The van der Waals surface area contributed by atoms with Crippen molar-refractivity contribution >= 4 is 0 Å². The molecule has 0 aromatic carbocycles. The molecule has 0 aromatic heterocycles. The third kappa shape index (κ3) is 130. The molecule has 82 valence electrons. The van der Waals surface area contributed by atoms with Crippen LogP contribution >= 0.6 is 0 Å². The summed E-state index contributed by atoms with van der Waals surface area (Å²) in [6.45, 7) is 0. The quantitative estimate of drug-likeness (QED) is 0.446. The maximum atomic E-state index is 9.11. The van der Waals surface area contributed by atoms with E-state index in [2.05, 4.69) is 2.90 Å². The molecular formula is H12Fe2O9. The van der Waals surface area contributed by atoms with Crippen molar-refractivity contribution in [3.05, 3.63) is 0 Å². The molecule has 0 heterocycles. The Labute approximate surface area is 74.3 Å². The standard InChI is InChI=1S/2Fe.6H2O.3O/h;;6*1H2;;;. The van der Waals surface area contributed by atoms with Crippen molar-refractivity contribution in [2.45, 2.75) is 0 Å². The summed E-state index contributed by atoms with van der Waals surface area (Å²) in [6.07, 6.45) is 0. The molecule has 0 atom stereocenters. The third-order valence-corrected chi connectivity index (χ3v) is 0.708. The number of hydrogen-bond donors (Lipinski definition) is 0. The Kier molecular flexibility index (Phi) is 469. The normalized spacial score (nSPS) is 3.64. The van der Waals surface area contributed by atoms with Gasteiger partial charge in [0, 0.05) is 0 Å². The van der Waals surface area contributed by atoms with Crippen LogP contribution < -0.4 is 0 Å². The summed E-state index contributed by atoms with van der Waals surface area (Å²) in [7, 11) is 0. The second kappa shape index (κ2) is 80.4. The number of rotatable bonds is 2. The van der Waals surface area contributed by atoms with Crippen LogP contribution in [0.3, 0.4) is 0 Å². The zero-order valence-electron chi connectivity index (χ0n) is 4.93. The van der Waals surface area contributed by atoms with Crippen molar-refractivity contribution in [1.29, 1.82) is 0 Å². The molecule has 11 heavy (non-hydrogen) atoms. The van der Waals surface area contributed by atoms with Crippen molar-refractivity contribution in [3.8, 4) is 0 Å². The van der Waals surface area contributed by atoms with Crippen LogP contribution in [-0.4, -0.2) is 32.9 Å². The molecule has 0 spiro atoms. The molecule has 0 amide bonds. The first-order chi connectivity index (χ1) is 2.41. The first-order valence-electron chi connectivity index (χ1n) is 0.577. The van der Waals surface area contributed by atoms with E-state index in [1.165, 1.54) is 0 Å². The average molecular weight is 268 g/mol. The molecule has 0 saturated carbocycles. The minimum atomic E-state index is -0.719. The van der Waals surface area contributed by atoms with Gasteiger partial charge < -0.3 is 32.9 Å². The molecule has 11 heteroatoms. The Morgan fingerprint density at radius 1 is 0.636 bits per heavy atom. The van der Waals surface area contributed by atoms with Crippen molar-refractivity contribution in [3.63, 3.8) is 0 Å². The Balaban J connectivity index is -0.00000000533. The molecule has 12 N–H and O–H groups in total. The molecule has 0 unspecified atom stereocenters. The first-order valence-corrected chi connectivity index (χ1v) is 2.38. The Morgan fingerprint density at radius 2 is 0.818 bits per heavy atom. The molecule has 0 radical (unpaired) electrons. The van der Waals surface area contributed by atoms with Crippen LogP contribution in [0.4, 0.5) is 0 Å². The summed E-state index contributed by atoms with van der Waals surface area (Å²) in [6, 6.07) is 0. The molecule has 0 aromatic rings. The van der Waals surface area contributed by atoms with Gasteiger partial charge >= 0.3 is 41.0 Å². The van der Waals surface area contributed by atoms with Crippen molar-refractivity contribution in [2.24, 2.45) is 0 Å². The van der Waals surface area contributed by atoms with Crippen molar-refractivity contribution in [2.75, 3.05) is 0 Å². The molecular weight excluding hydrogens is 256 g/mol. The molecule has 9 nitrogen and oxygen atoms in total. The van der Waals surface area contributed by atoms with E-state index < -0.39 is 30.4 Å². The van der Waals surface area contributed by atoms with Gasteiger partial charge in [0.15, 0.2) is 0 Å². The van der Waals surface area contributed by atoms with Crippen LogP contribution in [0.25, 0.3) is 0 Å². The first kappa shape index (κ1) is 64.2. The van der Waals surface area contributed by atoms with Gasteiger partial charge in [-0.05, 0) is 0 Å². The molecule has 0 fully saturated rings. The Morgan fingerprint density at radius 3 is 0.818 bits per heavy atom. The van der Waals surface area contributed by atoms with Crippen LogP contribution in [0.5, 0.6) is 0 Å². The van der Waals surface area contributed by atoms with Crippen LogP contribution in [-0.2, 0) is 41.0 Å². The van der Waals surface area contributed by atoms with Gasteiger partial charge in [-0.15, -0.1) is 0 Å². The van der Waals surface area contributed by atoms with Crippen molar-refractivity contribution < 1.29 is 73.9 Å². The second-order valence-electron chi connectivity index (χ2n) is 0.169. The van der Waals surface area contributed by atoms with E-state index in [0.717, 1.165) is 0 Å². The van der Waals surface area contributed by atoms with E-state index in [9.17, 15) is 0 Å². The van der Waals surface area contributed by atoms with Gasteiger partial charge in [0.1, 0.15) is 0 Å². The minimum absolute atomic E-state index is 0. The van der Waals surface area contributed by atoms with Gasteiger partial charge in [0.25, 0.3) is 0 Å². The van der Waals surface area contributed by atoms with Crippen LogP contribution in [0.1, 0.15) is 0 Å². The van der Waals surface area contributed by atoms with Gasteiger partial charge in [-0.2, -0.15) is 0 Å². The molecule has 0 bridgehead atoms. The molecule has 0 aliphatic heterocycles. The van der Waals surface area contributed by atoms with Crippen LogP contribution in [0, 0.1) is 0 Å². The molecule has 0 rings (SSSR count). The number of hydrogen-bond acceptors (Lipinski definition) is 3. The monoisotopic (exact) mass is 268 g/mol. The van der Waals surface area contributed by atoms with Gasteiger partial charge in [0.2, 0.25) is 0 Å². The Hall–Kier alpha value is 0.359. The molecule has 0 aliphatic carbocycles. The summed E-state index contributed by atoms with van der Waals surface area (Å²) in [4.78, 5) is 0. The van der Waals surface area contributed by atoms with Gasteiger partial charge in [0.05, 0.1) is 0 Å². The van der Waals surface area contributed by atoms with E-state index in [-0.39, 0.29) is 32.9 Å². The van der Waals surface area contributed by atoms with Crippen LogP contribution in [0.2, 0.25) is 0 Å². The van der Waals surface area contributed by atoms with E-state index in [1.54, 1.807) is 0 Å². The fraction of sp³-hybridized carbons (Fsp3) is 0. The zero-order chi connectivity index (χ0) is 4.12. The summed E-state index contributed by atoms with van der Waals surface area (Å²) >= 11 is -1.44. The van der Waals surface area contributed by atoms with Crippen molar-refractivity contribution in [1.82, 2.24) is 0 Å². The van der Waals surface area contributed by atoms with Gasteiger partial charge in [-0.3, -0.25) is 0 Å². The topological polar surface area (TPSA) is 232 Å². The molecule has 0 saturated heterocycles. The predicted molar refractivity (Wildman–Crippen MR) is 24.1 cm³/mol. The Bertz CT molecular complexity index is 36.8. The van der Waals surface area contributed by atoms with E-state index in [4.69, 9.17) is 7.67 Å². The van der Waals surface area contributed by atoms with E-state index >= 15 is 0 Å². The SMILES string of the molecule is O.O.O.O.O.O.[O]=[Fe][O][Fe]=[O].